The summed E-state index contributed by atoms with van der Waals surface area (Å²) in [5.74, 6) is -2.51. The smallest absolute Gasteiger partial charge is 0.325 e. The summed E-state index contributed by atoms with van der Waals surface area (Å²) in [6.07, 6.45) is -4.89. The van der Waals surface area contributed by atoms with Crippen molar-refractivity contribution in [1.82, 2.24) is 5.32 Å². The minimum Gasteiger partial charge on any atom is -0.456 e. The Morgan fingerprint density at radius 1 is 1.03 bits per heavy atom. The summed E-state index contributed by atoms with van der Waals surface area (Å²) in [6, 6.07) is -3.18. The molecule has 188 valence electrons. The molecule has 1 heterocycles. The number of hydrogen-bond donors (Lipinski definition) is 5. The maximum Gasteiger partial charge on any atom is 0.325 e. The molecule has 12 heteroatoms. The van der Waals surface area contributed by atoms with E-state index in [1.54, 1.807) is 34.6 Å². The van der Waals surface area contributed by atoms with Crippen molar-refractivity contribution >= 4 is 30.3 Å². The summed E-state index contributed by atoms with van der Waals surface area (Å²) < 4.78 is 16.3. The molecule has 11 nitrogen and oxygen atoms in total. The van der Waals surface area contributed by atoms with Crippen molar-refractivity contribution in [3.8, 4) is 0 Å². The molecule has 0 aromatic carbocycles. The van der Waals surface area contributed by atoms with E-state index in [-0.39, 0.29) is 30.7 Å². The number of esters is 2. The van der Waals surface area contributed by atoms with Crippen molar-refractivity contribution in [3.63, 3.8) is 0 Å². The quantitative estimate of drug-likeness (QED) is 0.246. The molecule has 1 amide bonds. The first kappa shape index (κ1) is 30.5. The van der Waals surface area contributed by atoms with Crippen LogP contribution in [-0.2, 0) is 28.6 Å². The molecule has 0 aliphatic carbocycles. The first-order chi connectivity index (χ1) is 14.4. The van der Waals surface area contributed by atoms with Gasteiger partial charge in [-0.15, -0.1) is 12.4 Å². The van der Waals surface area contributed by atoms with Crippen molar-refractivity contribution in [2.24, 2.45) is 23.3 Å². The Kier molecular flexibility index (Phi) is 13.3. The van der Waals surface area contributed by atoms with Gasteiger partial charge in [-0.1, -0.05) is 34.6 Å². The number of carbonyl (C=O) groups is 3. The molecule has 0 saturated carbocycles. The molecular weight excluding hydrogens is 446 g/mol. The highest BCUT2D eigenvalue weighted by molar-refractivity contribution is 5.85. The second kappa shape index (κ2) is 13.9. The van der Waals surface area contributed by atoms with Crippen LogP contribution in [0.3, 0.4) is 0 Å². The van der Waals surface area contributed by atoms with Gasteiger partial charge in [-0.3, -0.25) is 14.4 Å². The van der Waals surface area contributed by atoms with Gasteiger partial charge < -0.3 is 41.2 Å². The Morgan fingerprint density at radius 2 is 1.53 bits per heavy atom. The van der Waals surface area contributed by atoms with Gasteiger partial charge in [-0.25, -0.2) is 0 Å². The first-order valence-corrected chi connectivity index (χ1v) is 10.6. The third-order valence-corrected chi connectivity index (χ3v) is 5.12. The molecule has 7 atom stereocenters. The highest BCUT2D eigenvalue weighted by Gasteiger charge is 2.50. The normalized spacial score (nSPS) is 27.3. The Hall–Kier alpha value is -1.50. The molecule has 0 aromatic heterocycles. The van der Waals surface area contributed by atoms with Crippen LogP contribution in [0.15, 0.2) is 0 Å². The molecule has 0 aromatic rings. The van der Waals surface area contributed by atoms with E-state index in [4.69, 9.17) is 25.7 Å². The van der Waals surface area contributed by atoms with Crippen molar-refractivity contribution in [2.75, 3.05) is 6.61 Å². The number of nitrogens with two attached hydrogens (primary N) is 2. The van der Waals surface area contributed by atoms with Crippen LogP contribution in [0.4, 0.5) is 0 Å². The van der Waals surface area contributed by atoms with E-state index in [9.17, 15) is 24.6 Å². The van der Waals surface area contributed by atoms with Crippen LogP contribution in [0.25, 0.3) is 0 Å². The molecule has 0 spiro atoms. The molecule has 1 saturated heterocycles. The van der Waals surface area contributed by atoms with E-state index in [1.165, 1.54) is 0 Å². The van der Waals surface area contributed by atoms with Crippen LogP contribution in [-0.4, -0.2) is 77.4 Å². The molecule has 0 bridgehead atoms. The van der Waals surface area contributed by atoms with Crippen molar-refractivity contribution in [2.45, 2.75) is 90.2 Å². The van der Waals surface area contributed by atoms with Gasteiger partial charge in [-0.05, 0) is 18.3 Å². The van der Waals surface area contributed by atoms with Gasteiger partial charge in [0.05, 0.1) is 6.61 Å². The van der Waals surface area contributed by atoms with Crippen LogP contribution in [0.2, 0.25) is 0 Å². The topological polar surface area (TPSA) is 183 Å². The van der Waals surface area contributed by atoms with Gasteiger partial charge in [0, 0.05) is 6.42 Å². The number of amides is 1. The summed E-state index contributed by atoms with van der Waals surface area (Å²) in [4.78, 5) is 37.2. The molecule has 32 heavy (non-hydrogen) atoms. The van der Waals surface area contributed by atoms with Crippen molar-refractivity contribution in [1.29, 1.82) is 0 Å². The van der Waals surface area contributed by atoms with E-state index >= 15 is 0 Å². The summed E-state index contributed by atoms with van der Waals surface area (Å²) in [7, 11) is 0. The van der Waals surface area contributed by atoms with Crippen LogP contribution in [0.1, 0.15) is 47.5 Å². The SMILES string of the molecule is CCCC(=O)N[C@H]1C(OC(=O)[C@@H](N)C(C)C)O[C@H](CO)[C@@H](O)[C@@H]1OC(=O)[C@@H](N)C(C)C.Cl. The Morgan fingerprint density at radius 3 is 1.97 bits per heavy atom. The molecular formula is C20H38ClN3O8. The molecule has 1 aliphatic rings. The zero-order valence-corrected chi connectivity index (χ0v) is 20.0. The minimum absolute atomic E-state index is 0. The van der Waals surface area contributed by atoms with E-state index in [0.717, 1.165) is 0 Å². The maximum atomic E-state index is 12.5. The number of rotatable bonds is 10. The van der Waals surface area contributed by atoms with Gasteiger partial charge in [0.15, 0.2) is 6.10 Å². The van der Waals surface area contributed by atoms with Crippen molar-refractivity contribution in [3.05, 3.63) is 0 Å². The Bertz CT molecular complexity index is 622. The number of halogens is 1. The zero-order valence-electron chi connectivity index (χ0n) is 19.2. The highest BCUT2D eigenvalue weighted by atomic mass is 35.5. The predicted octanol–water partition coefficient (Wildman–Crippen LogP) is -0.807. The maximum absolute atomic E-state index is 12.5. The number of aliphatic hydroxyl groups is 2. The zero-order chi connectivity index (χ0) is 23.9. The van der Waals surface area contributed by atoms with Crippen LogP contribution in [0, 0.1) is 11.8 Å². The van der Waals surface area contributed by atoms with Crippen LogP contribution in [0.5, 0.6) is 0 Å². The standard InChI is InChI=1S/C20H37N3O8.ClH/c1-6-7-12(25)23-15-17(30-18(27)13(21)9(2)3)16(26)11(8-24)29-20(15)31-19(28)14(22)10(4)5;/h9-11,13-17,20,24,26H,6-8,21-22H2,1-5H3,(H,23,25);1H/t11-,13+,14+,15-,16-,17-,20?;/m1./s1. The fourth-order valence-electron chi connectivity index (χ4n) is 2.90. The van der Waals surface area contributed by atoms with E-state index in [0.29, 0.717) is 6.42 Å². The molecule has 1 rings (SSSR count). The molecule has 1 unspecified atom stereocenters. The van der Waals surface area contributed by atoms with Gasteiger partial charge >= 0.3 is 11.9 Å². The molecule has 7 N–H and O–H groups in total. The number of aliphatic hydroxyl groups excluding tert-OH is 2. The molecule has 1 fully saturated rings. The third-order valence-electron chi connectivity index (χ3n) is 5.12. The first-order valence-electron chi connectivity index (χ1n) is 10.6. The minimum atomic E-state index is -1.51. The average molecular weight is 484 g/mol. The van der Waals surface area contributed by atoms with Crippen LogP contribution >= 0.6 is 12.4 Å². The van der Waals surface area contributed by atoms with E-state index in [1.807, 2.05) is 0 Å². The molecule has 1 aliphatic heterocycles. The average Bonchev–Trinajstić information content (AvgIpc) is 2.70. The van der Waals surface area contributed by atoms with Crippen molar-refractivity contribution < 1.29 is 38.8 Å². The highest BCUT2D eigenvalue weighted by Crippen LogP contribution is 2.26. The predicted molar refractivity (Wildman–Crippen MR) is 117 cm³/mol. The lowest BCUT2D eigenvalue weighted by Crippen LogP contribution is -2.67. The lowest BCUT2D eigenvalue weighted by Gasteiger charge is -2.43. The van der Waals surface area contributed by atoms with Gasteiger partial charge in [-0.2, -0.15) is 0 Å². The molecule has 0 radical (unpaired) electrons. The number of ether oxygens (including phenoxy) is 3. The van der Waals surface area contributed by atoms with Crippen LogP contribution < -0.4 is 16.8 Å². The van der Waals surface area contributed by atoms with E-state index < -0.39 is 67.2 Å². The van der Waals surface area contributed by atoms with Gasteiger partial charge in [0.1, 0.15) is 30.3 Å². The monoisotopic (exact) mass is 483 g/mol. The lowest BCUT2D eigenvalue weighted by atomic mass is 9.95. The Balaban J connectivity index is 0.00000961. The third kappa shape index (κ3) is 8.13. The second-order valence-electron chi connectivity index (χ2n) is 8.44. The number of nitrogens with one attached hydrogen (secondary N) is 1. The summed E-state index contributed by atoms with van der Waals surface area (Å²) in [5, 5.41) is 22.9. The fraction of sp³-hybridized carbons (Fsp3) is 0.850. The summed E-state index contributed by atoms with van der Waals surface area (Å²) >= 11 is 0. The van der Waals surface area contributed by atoms with E-state index in [2.05, 4.69) is 5.32 Å². The number of carbonyl (C=O) groups excluding carboxylic acids is 3. The lowest BCUT2D eigenvalue weighted by molar-refractivity contribution is -0.268. The largest absolute Gasteiger partial charge is 0.456 e. The van der Waals surface area contributed by atoms with Gasteiger partial charge in [0.2, 0.25) is 12.2 Å². The summed E-state index contributed by atoms with van der Waals surface area (Å²) in [6.45, 7) is 8.05. The summed E-state index contributed by atoms with van der Waals surface area (Å²) in [5.41, 5.74) is 11.7. The number of hydrogen-bond acceptors (Lipinski definition) is 10. The fourth-order valence-corrected chi connectivity index (χ4v) is 2.90. The Labute approximate surface area is 194 Å². The second-order valence-corrected chi connectivity index (χ2v) is 8.44. The van der Waals surface area contributed by atoms with Gasteiger partial charge in [0.25, 0.3) is 0 Å².